The monoisotopic (exact) mass is 426 g/mol. The minimum atomic E-state index is -0.506. The van der Waals surface area contributed by atoms with Crippen LogP contribution in [0.3, 0.4) is 0 Å². The zero-order valence-corrected chi connectivity index (χ0v) is 18.4. The average Bonchev–Trinajstić information content (AvgIpc) is 3.49. The van der Waals surface area contributed by atoms with Crippen LogP contribution in [-0.4, -0.2) is 54.0 Å². The number of hydrogen-bond acceptors (Lipinski definition) is 7. The smallest absolute Gasteiger partial charge is 0.350 e. The lowest BCUT2D eigenvalue weighted by Gasteiger charge is -2.30. The summed E-state index contributed by atoms with van der Waals surface area (Å²) < 4.78 is 8.13. The van der Waals surface area contributed by atoms with Crippen molar-refractivity contribution in [3.05, 3.63) is 33.0 Å². The van der Waals surface area contributed by atoms with Gasteiger partial charge < -0.3 is 20.4 Å². The van der Waals surface area contributed by atoms with E-state index in [4.69, 9.17) is 15.8 Å². The normalized spacial score (nSPS) is 19.7. The van der Waals surface area contributed by atoms with Gasteiger partial charge in [-0.1, -0.05) is 0 Å². The van der Waals surface area contributed by atoms with Crippen molar-refractivity contribution >= 4 is 16.6 Å². The molecule has 0 amide bonds. The van der Waals surface area contributed by atoms with Crippen LogP contribution in [0, 0.1) is 17.2 Å². The lowest BCUT2D eigenvalue weighted by atomic mass is 9.99. The molecule has 2 aliphatic rings. The molecule has 1 aliphatic carbocycles. The van der Waals surface area contributed by atoms with Crippen molar-refractivity contribution in [1.29, 1.82) is 5.26 Å². The third-order valence-electron chi connectivity index (χ3n) is 6.85. The topological polar surface area (TPSA) is 110 Å². The number of rotatable bonds is 7. The molecule has 2 aromatic rings. The van der Waals surface area contributed by atoms with Gasteiger partial charge in [0, 0.05) is 38.1 Å². The van der Waals surface area contributed by atoms with E-state index < -0.39 is 11.2 Å². The summed E-state index contributed by atoms with van der Waals surface area (Å²) in [5, 5.41) is 9.26. The van der Waals surface area contributed by atoms with Gasteiger partial charge >= 0.3 is 5.69 Å². The van der Waals surface area contributed by atoms with E-state index in [1.165, 1.54) is 0 Å². The van der Waals surface area contributed by atoms with Crippen molar-refractivity contribution in [3.63, 3.8) is 0 Å². The van der Waals surface area contributed by atoms with E-state index in [1.807, 2.05) is 6.07 Å². The van der Waals surface area contributed by atoms with Crippen LogP contribution < -0.4 is 26.7 Å². The molecule has 1 aromatic heterocycles. The zero-order chi connectivity index (χ0) is 22.3. The summed E-state index contributed by atoms with van der Waals surface area (Å²) in [5.74, 6) is 6.79. The summed E-state index contributed by atoms with van der Waals surface area (Å²) in [4.78, 5) is 30.0. The summed E-state index contributed by atoms with van der Waals surface area (Å²) in [6.07, 6.45) is 3.32. The minimum absolute atomic E-state index is 0.0506. The molecular weight excluding hydrogens is 396 g/mol. The van der Waals surface area contributed by atoms with Crippen LogP contribution in [0.15, 0.2) is 21.7 Å². The van der Waals surface area contributed by atoms with Gasteiger partial charge in [-0.2, -0.15) is 9.94 Å². The van der Waals surface area contributed by atoms with Crippen LogP contribution in [0.5, 0.6) is 5.75 Å². The van der Waals surface area contributed by atoms with Crippen LogP contribution in [0.4, 0.5) is 5.69 Å². The second-order valence-corrected chi connectivity index (χ2v) is 8.70. The van der Waals surface area contributed by atoms with Crippen LogP contribution in [-0.2, 0) is 0 Å². The number of fused-ring (bicyclic) bond motifs is 1. The molecule has 31 heavy (non-hydrogen) atoms. The van der Waals surface area contributed by atoms with E-state index in [2.05, 4.69) is 29.8 Å². The fourth-order valence-electron chi connectivity index (χ4n) is 4.71. The first-order valence-electron chi connectivity index (χ1n) is 10.8. The molecule has 9 heteroatoms. The van der Waals surface area contributed by atoms with Crippen molar-refractivity contribution in [2.24, 2.45) is 5.92 Å². The highest BCUT2D eigenvalue weighted by atomic mass is 16.5. The van der Waals surface area contributed by atoms with Crippen molar-refractivity contribution in [2.75, 3.05) is 44.5 Å². The average molecular weight is 427 g/mol. The predicted octanol–water partition coefficient (Wildman–Crippen LogP) is 1.28. The Labute approximate surface area is 181 Å². The van der Waals surface area contributed by atoms with E-state index in [0.29, 0.717) is 39.7 Å². The van der Waals surface area contributed by atoms with Crippen LogP contribution >= 0.6 is 0 Å². The van der Waals surface area contributed by atoms with Gasteiger partial charge in [-0.05, 0) is 51.3 Å². The molecule has 2 unspecified atom stereocenters. The molecule has 2 atom stereocenters. The highest BCUT2D eigenvalue weighted by molar-refractivity contribution is 5.90. The molecule has 2 fully saturated rings. The van der Waals surface area contributed by atoms with E-state index in [-0.39, 0.29) is 6.04 Å². The number of benzene rings is 1. The van der Waals surface area contributed by atoms with Gasteiger partial charge in [0.05, 0.1) is 24.3 Å². The number of anilines is 1. The Morgan fingerprint density at radius 2 is 2.06 bits per heavy atom. The second-order valence-electron chi connectivity index (χ2n) is 8.70. The SMILES string of the molecule is COc1c(N2CCC(C(C)N(C)CCC#N)C2)ccc2c(=O)n(N)c(=O)n(C3CC3)c12. The molecule has 1 aliphatic heterocycles. The maximum atomic E-state index is 12.8. The molecule has 2 N–H and O–H groups in total. The fourth-order valence-corrected chi connectivity index (χ4v) is 4.71. The highest BCUT2D eigenvalue weighted by Crippen LogP contribution is 2.42. The number of nitrogens with zero attached hydrogens (tertiary/aromatic N) is 5. The summed E-state index contributed by atoms with van der Waals surface area (Å²) in [6, 6.07) is 6.26. The standard InChI is InChI=1S/C22H30N6O3/c1-14(25(2)11-4-10-23)15-9-12-26(13-15)18-8-7-17-19(20(18)31-3)27(16-5-6-16)22(30)28(24)21(17)29/h7-8,14-16H,4-6,9,11-13,24H2,1-3H3. The molecule has 2 heterocycles. The van der Waals surface area contributed by atoms with Gasteiger partial charge in [0.25, 0.3) is 5.56 Å². The van der Waals surface area contributed by atoms with Crippen molar-refractivity contribution in [1.82, 2.24) is 14.1 Å². The van der Waals surface area contributed by atoms with Gasteiger partial charge in [-0.15, -0.1) is 0 Å². The number of hydrogen-bond donors (Lipinski definition) is 1. The Balaban J connectivity index is 1.72. The van der Waals surface area contributed by atoms with Gasteiger partial charge in [-0.3, -0.25) is 9.36 Å². The molecule has 1 aromatic carbocycles. The largest absolute Gasteiger partial charge is 0.492 e. The Morgan fingerprint density at radius 3 is 2.71 bits per heavy atom. The quantitative estimate of drug-likeness (QED) is 0.664. The molecule has 9 nitrogen and oxygen atoms in total. The molecule has 0 bridgehead atoms. The Kier molecular flexibility index (Phi) is 5.67. The number of nitrogen functional groups attached to an aromatic ring is 1. The third kappa shape index (κ3) is 3.65. The van der Waals surface area contributed by atoms with E-state index in [9.17, 15) is 9.59 Å². The highest BCUT2D eigenvalue weighted by Gasteiger charge is 2.33. The first-order chi connectivity index (χ1) is 14.9. The fraction of sp³-hybridized carbons (Fsp3) is 0.591. The zero-order valence-electron chi connectivity index (χ0n) is 18.4. The first-order valence-corrected chi connectivity index (χ1v) is 10.8. The second kappa shape index (κ2) is 8.27. The van der Waals surface area contributed by atoms with Gasteiger partial charge in [0.1, 0.15) is 5.52 Å². The van der Waals surface area contributed by atoms with E-state index in [1.54, 1.807) is 17.7 Å². The van der Waals surface area contributed by atoms with Gasteiger partial charge in [0.2, 0.25) is 0 Å². The molecule has 1 saturated heterocycles. The summed E-state index contributed by atoms with van der Waals surface area (Å²) >= 11 is 0. The van der Waals surface area contributed by atoms with Crippen molar-refractivity contribution in [3.8, 4) is 11.8 Å². The molecule has 166 valence electrons. The van der Waals surface area contributed by atoms with Crippen LogP contribution in [0.25, 0.3) is 10.9 Å². The maximum Gasteiger partial charge on any atom is 0.350 e. The van der Waals surface area contributed by atoms with Gasteiger partial charge in [0.15, 0.2) is 5.75 Å². The van der Waals surface area contributed by atoms with Gasteiger partial charge in [-0.25, -0.2) is 4.79 Å². The molecule has 0 radical (unpaired) electrons. The summed E-state index contributed by atoms with van der Waals surface area (Å²) in [5.41, 5.74) is 0.436. The molecule has 4 rings (SSSR count). The van der Waals surface area contributed by atoms with Crippen molar-refractivity contribution < 1.29 is 4.74 Å². The van der Waals surface area contributed by atoms with E-state index >= 15 is 0 Å². The molecule has 0 spiro atoms. The van der Waals surface area contributed by atoms with Crippen LogP contribution in [0.1, 0.15) is 38.6 Å². The summed E-state index contributed by atoms with van der Waals surface area (Å²) in [6.45, 7) is 4.68. The molecular formula is C22H30N6O3. The third-order valence-corrected chi connectivity index (χ3v) is 6.85. The molecule has 1 saturated carbocycles. The summed E-state index contributed by atoms with van der Waals surface area (Å²) in [7, 11) is 3.65. The number of aromatic nitrogens is 2. The van der Waals surface area contributed by atoms with Crippen molar-refractivity contribution in [2.45, 2.75) is 44.7 Å². The Morgan fingerprint density at radius 1 is 1.32 bits per heavy atom. The number of methoxy groups -OCH3 is 1. The van der Waals surface area contributed by atoms with Crippen LogP contribution in [0.2, 0.25) is 0 Å². The van der Waals surface area contributed by atoms with E-state index in [0.717, 1.165) is 44.6 Å². The number of nitriles is 1. The Bertz CT molecular complexity index is 1140. The minimum Gasteiger partial charge on any atom is -0.492 e. The number of nitrogens with two attached hydrogens (primary N) is 1. The number of ether oxygens (including phenoxy) is 1. The predicted molar refractivity (Wildman–Crippen MR) is 120 cm³/mol. The maximum absolute atomic E-state index is 12.8. The lowest BCUT2D eigenvalue weighted by Crippen LogP contribution is -2.44. The Hall–Kier alpha value is -2.99. The first kappa shape index (κ1) is 21.2. The lowest BCUT2D eigenvalue weighted by molar-refractivity contribution is 0.203.